The molecule has 1 unspecified atom stereocenters. The smallest absolute Gasteiger partial charge is 0.244 e. The number of morpholine rings is 1. The molecule has 9 heteroatoms. The first-order valence-corrected chi connectivity index (χ1v) is 11.6. The monoisotopic (exact) mass is 446 g/mol. The maximum atomic E-state index is 12.7. The number of benzene rings is 1. The minimum absolute atomic E-state index is 0.0231. The first-order valence-electron chi connectivity index (χ1n) is 11.6. The van der Waals surface area contributed by atoms with Crippen molar-refractivity contribution < 1.29 is 14.6 Å². The van der Waals surface area contributed by atoms with Gasteiger partial charge in [0, 0.05) is 64.6 Å². The van der Waals surface area contributed by atoms with Gasteiger partial charge in [-0.2, -0.15) is 0 Å². The molecule has 2 fully saturated rings. The van der Waals surface area contributed by atoms with E-state index in [-0.39, 0.29) is 12.5 Å². The minimum atomic E-state index is -0.911. The van der Waals surface area contributed by atoms with E-state index in [1.54, 1.807) is 0 Å². The molecule has 2 aliphatic heterocycles. The number of nitrogens with zero attached hydrogens (tertiary/aromatic N) is 4. The van der Waals surface area contributed by atoms with E-state index in [9.17, 15) is 9.90 Å². The summed E-state index contributed by atoms with van der Waals surface area (Å²) in [5.74, 6) is 0.570. The molecule has 32 heavy (non-hydrogen) atoms. The number of guanidine groups is 1. The van der Waals surface area contributed by atoms with Crippen LogP contribution < -0.4 is 15.5 Å². The number of piperazine rings is 1. The Morgan fingerprint density at radius 2 is 1.78 bits per heavy atom. The summed E-state index contributed by atoms with van der Waals surface area (Å²) in [6, 6.07) is 10.3. The van der Waals surface area contributed by atoms with Crippen molar-refractivity contribution in [3.63, 3.8) is 0 Å². The Morgan fingerprint density at radius 1 is 1.09 bits per heavy atom. The number of carbonyl (C=O) groups is 1. The van der Waals surface area contributed by atoms with Gasteiger partial charge in [0.05, 0.1) is 18.8 Å². The van der Waals surface area contributed by atoms with Crippen molar-refractivity contribution >= 4 is 17.6 Å². The summed E-state index contributed by atoms with van der Waals surface area (Å²) in [6.07, 6.45) is 0. The van der Waals surface area contributed by atoms with Crippen LogP contribution in [0.15, 0.2) is 35.3 Å². The van der Waals surface area contributed by atoms with Crippen LogP contribution in [-0.4, -0.2) is 111 Å². The quantitative estimate of drug-likeness (QED) is 0.382. The predicted molar refractivity (Wildman–Crippen MR) is 127 cm³/mol. The maximum Gasteiger partial charge on any atom is 0.244 e. The highest BCUT2D eigenvalue weighted by Crippen LogP contribution is 2.15. The number of nitrogens with one attached hydrogen (secondary N) is 2. The molecule has 1 aromatic carbocycles. The highest BCUT2D eigenvalue weighted by atomic mass is 16.5. The molecule has 3 rings (SSSR count). The summed E-state index contributed by atoms with van der Waals surface area (Å²) in [5.41, 5.74) is 0.283. The largest absolute Gasteiger partial charge is 0.387 e. The lowest BCUT2D eigenvalue weighted by Crippen LogP contribution is -2.53. The van der Waals surface area contributed by atoms with E-state index in [4.69, 9.17) is 4.74 Å². The summed E-state index contributed by atoms with van der Waals surface area (Å²) in [5, 5.41) is 17.1. The van der Waals surface area contributed by atoms with E-state index in [1.807, 2.05) is 36.9 Å². The number of hydrogen-bond donors (Lipinski definition) is 3. The van der Waals surface area contributed by atoms with E-state index in [0.717, 1.165) is 26.2 Å². The molecule has 0 saturated carbocycles. The van der Waals surface area contributed by atoms with Gasteiger partial charge in [-0.25, -0.2) is 4.99 Å². The van der Waals surface area contributed by atoms with Gasteiger partial charge in [-0.3, -0.25) is 9.69 Å². The Labute approximate surface area is 191 Å². The molecule has 0 aromatic heterocycles. The van der Waals surface area contributed by atoms with Crippen LogP contribution in [-0.2, 0) is 9.53 Å². The van der Waals surface area contributed by atoms with Crippen LogP contribution in [0.5, 0.6) is 0 Å². The summed E-state index contributed by atoms with van der Waals surface area (Å²) < 4.78 is 5.37. The van der Waals surface area contributed by atoms with E-state index >= 15 is 0 Å². The SMILES string of the molecule is CCNC(=NCC(=O)N1CCN(c2ccccc2)CC1)NCC(C)(O)CN1CCOCC1. The molecule has 1 amide bonds. The normalized spacial score (nSPS) is 20.0. The van der Waals surface area contributed by atoms with Crippen LogP contribution in [0, 0.1) is 0 Å². The highest BCUT2D eigenvalue weighted by molar-refractivity contribution is 5.85. The number of aliphatic hydroxyl groups is 1. The first kappa shape index (κ1) is 24.3. The Balaban J connectivity index is 1.45. The van der Waals surface area contributed by atoms with Crippen molar-refractivity contribution in [2.24, 2.45) is 4.99 Å². The number of amides is 1. The summed E-state index contributed by atoms with van der Waals surface area (Å²) in [6.45, 7) is 11.6. The van der Waals surface area contributed by atoms with E-state index in [1.165, 1.54) is 5.69 Å². The molecule has 1 aromatic rings. The average molecular weight is 447 g/mol. The fourth-order valence-corrected chi connectivity index (χ4v) is 4.01. The zero-order chi connectivity index (χ0) is 22.8. The fourth-order valence-electron chi connectivity index (χ4n) is 4.01. The molecular formula is C23H38N6O3. The van der Waals surface area contributed by atoms with Crippen LogP contribution in [0.4, 0.5) is 5.69 Å². The van der Waals surface area contributed by atoms with Crippen molar-refractivity contribution in [1.29, 1.82) is 0 Å². The Kier molecular flexibility index (Phi) is 9.13. The van der Waals surface area contributed by atoms with E-state index < -0.39 is 5.60 Å². The second-order valence-electron chi connectivity index (χ2n) is 8.64. The number of anilines is 1. The van der Waals surface area contributed by atoms with Crippen molar-refractivity contribution in [2.45, 2.75) is 19.4 Å². The third-order valence-corrected chi connectivity index (χ3v) is 5.77. The number of ether oxygens (including phenoxy) is 1. The minimum Gasteiger partial charge on any atom is -0.387 e. The van der Waals surface area contributed by atoms with Crippen LogP contribution in [0.2, 0.25) is 0 Å². The zero-order valence-electron chi connectivity index (χ0n) is 19.4. The van der Waals surface area contributed by atoms with Crippen LogP contribution in [0.3, 0.4) is 0 Å². The summed E-state index contributed by atoms with van der Waals surface area (Å²) in [4.78, 5) is 23.5. The molecule has 0 bridgehead atoms. The Morgan fingerprint density at radius 3 is 2.44 bits per heavy atom. The fraction of sp³-hybridized carbons (Fsp3) is 0.652. The summed E-state index contributed by atoms with van der Waals surface area (Å²) >= 11 is 0. The molecule has 0 radical (unpaired) electrons. The van der Waals surface area contributed by atoms with Crippen LogP contribution in [0.25, 0.3) is 0 Å². The Bertz CT molecular complexity index is 729. The van der Waals surface area contributed by atoms with Gasteiger partial charge < -0.3 is 30.3 Å². The van der Waals surface area contributed by atoms with Gasteiger partial charge in [0.15, 0.2) is 5.96 Å². The molecule has 1 atom stereocenters. The van der Waals surface area contributed by atoms with Gasteiger partial charge in [0.1, 0.15) is 6.54 Å². The van der Waals surface area contributed by atoms with E-state index in [2.05, 4.69) is 37.6 Å². The van der Waals surface area contributed by atoms with Crippen molar-refractivity contribution in [2.75, 3.05) is 83.6 Å². The molecule has 178 valence electrons. The maximum absolute atomic E-state index is 12.7. The first-order chi connectivity index (χ1) is 15.5. The van der Waals surface area contributed by atoms with Gasteiger partial charge in [-0.05, 0) is 26.0 Å². The van der Waals surface area contributed by atoms with E-state index in [0.29, 0.717) is 51.9 Å². The molecule has 3 N–H and O–H groups in total. The Hall–Kier alpha value is -2.36. The number of para-hydroxylation sites is 1. The zero-order valence-corrected chi connectivity index (χ0v) is 19.4. The number of rotatable bonds is 8. The lowest BCUT2D eigenvalue weighted by molar-refractivity contribution is -0.129. The molecule has 2 aliphatic rings. The lowest BCUT2D eigenvalue weighted by Gasteiger charge is -2.36. The van der Waals surface area contributed by atoms with Gasteiger partial charge in [-0.1, -0.05) is 18.2 Å². The third-order valence-electron chi connectivity index (χ3n) is 5.77. The second-order valence-corrected chi connectivity index (χ2v) is 8.64. The van der Waals surface area contributed by atoms with Crippen molar-refractivity contribution in [1.82, 2.24) is 20.4 Å². The number of hydrogen-bond acceptors (Lipinski definition) is 6. The molecule has 2 saturated heterocycles. The van der Waals surface area contributed by atoms with Crippen molar-refractivity contribution in [3.8, 4) is 0 Å². The number of carbonyl (C=O) groups excluding carboxylic acids is 1. The second kappa shape index (κ2) is 12.0. The van der Waals surface area contributed by atoms with Crippen LogP contribution in [0.1, 0.15) is 13.8 Å². The average Bonchev–Trinajstić information content (AvgIpc) is 2.82. The van der Waals surface area contributed by atoms with Gasteiger partial charge in [-0.15, -0.1) is 0 Å². The van der Waals surface area contributed by atoms with Crippen LogP contribution >= 0.6 is 0 Å². The lowest BCUT2D eigenvalue weighted by atomic mass is 10.1. The molecule has 0 spiro atoms. The third kappa shape index (κ3) is 7.65. The standard InChI is InChI=1S/C23H38N6O3/c1-3-24-22(26-18-23(2,31)19-27-13-15-32-16-14-27)25-17-21(30)29-11-9-28(10-12-29)20-7-5-4-6-8-20/h4-8,31H,3,9-19H2,1-2H3,(H2,24,25,26). The molecule has 2 heterocycles. The number of aliphatic imine (C=N–C) groups is 1. The van der Waals surface area contributed by atoms with Gasteiger partial charge in [0.2, 0.25) is 5.91 Å². The van der Waals surface area contributed by atoms with Crippen molar-refractivity contribution in [3.05, 3.63) is 30.3 Å². The highest BCUT2D eigenvalue weighted by Gasteiger charge is 2.26. The molecule has 0 aliphatic carbocycles. The van der Waals surface area contributed by atoms with Gasteiger partial charge >= 0.3 is 0 Å². The van der Waals surface area contributed by atoms with Gasteiger partial charge in [0.25, 0.3) is 0 Å². The molecular weight excluding hydrogens is 408 g/mol. The topological polar surface area (TPSA) is 92.7 Å². The summed E-state index contributed by atoms with van der Waals surface area (Å²) in [7, 11) is 0. The number of β-amino-alcohol motifs (C(OH)–C–C–N with tert-alkyl or cyclic N) is 1. The molecule has 9 nitrogen and oxygen atoms in total. The predicted octanol–water partition coefficient (Wildman–Crippen LogP) is -0.0265.